The first-order valence-electron chi connectivity index (χ1n) is 17.1. The maximum Gasteiger partial charge on any atom is 0.308 e. The molecule has 1 aliphatic heterocycles. The molecule has 48 heavy (non-hydrogen) atoms. The monoisotopic (exact) mass is 664 g/mol. The number of fused-ring (bicyclic) bond motifs is 2. The van der Waals surface area contributed by atoms with Gasteiger partial charge in [-0.3, -0.25) is 9.59 Å². The maximum atomic E-state index is 11.5. The highest BCUT2D eigenvalue weighted by molar-refractivity contribution is 5.71. The Kier molecular flexibility index (Phi) is 14.0. The molecule has 8 unspecified atom stereocenters. The summed E-state index contributed by atoms with van der Waals surface area (Å²) in [5.74, 6) is -0.318. The number of methoxy groups -OCH3 is 1. The second-order valence-corrected chi connectivity index (χ2v) is 13.6. The van der Waals surface area contributed by atoms with E-state index in [2.05, 4.69) is 66.3 Å². The molecule has 5 N–H and O–H groups in total. The fourth-order valence-corrected chi connectivity index (χ4v) is 7.22. The molecule has 3 aliphatic rings. The van der Waals surface area contributed by atoms with Crippen LogP contribution in [0.4, 0.5) is 0 Å². The van der Waals surface area contributed by atoms with Gasteiger partial charge in [0.25, 0.3) is 0 Å². The lowest BCUT2D eigenvalue weighted by Crippen LogP contribution is -2.33. The van der Waals surface area contributed by atoms with E-state index < -0.39 is 24.3 Å². The van der Waals surface area contributed by atoms with Crippen molar-refractivity contribution in [1.29, 1.82) is 0 Å². The maximum absolute atomic E-state index is 11.5. The van der Waals surface area contributed by atoms with Crippen LogP contribution in [0.2, 0.25) is 0 Å². The summed E-state index contributed by atoms with van der Waals surface area (Å²) in [5, 5.41) is 49.1. The van der Waals surface area contributed by atoms with E-state index in [1.165, 1.54) is 34.9 Å². The molecule has 1 fully saturated rings. The second-order valence-electron chi connectivity index (χ2n) is 13.6. The first-order chi connectivity index (χ1) is 23.0. The van der Waals surface area contributed by atoms with Crippen LogP contribution in [0.5, 0.6) is 0 Å². The van der Waals surface area contributed by atoms with Crippen molar-refractivity contribution in [2.75, 3.05) is 20.3 Å². The van der Waals surface area contributed by atoms with Crippen LogP contribution in [0.15, 0.2) is 48.6 Å². The van der Waals surface area contributed by atoms with Gasteiger partial charge in [-0.1, -0.05) is 71.8 Å². The van der Waals surface area contributed by atoms with Gasteiger partial charge in [-0.05, 0) is 80.0 Å². The molecule has 2 aliphatic carbocycles. The van der Waals surface area contributed by atoms with Gasteiger partial charge in [0, 0.05) is 31.5 Å². The van der Waals surface area contributed by atoms with E-state index in [1.807, 2.05) is 13.0 Å². The molecule has 262 valence electrons. The highest BCUT2D eigenvalue weighted by atomic mass is 16.5. The summed E-state index contributed by atoms with van der Waals surface area (Å²) >= 11 is 0. The van der Waals surface area contributed by atoms with Crippen LogP contribution in [-0.4, -0.2) is 82.2 Å². The molecule has 5 rings (SSSR count). The molecule has 2 aromatic rings. The molecule has 9 nitrogen and oxygen atoms in total. The smallest absolute Gasteiger partial charge is 0.308 e. The zero-order valence-electron chi connectivity index (χ0n) is 28.3. The first-order valence-corrected chi connectivity index (χ1v) is 17.1. The summed E-state index contributed by atoms with van der Waals surface area (Å²) in [4.78, 5) is 22.6. The average molecular weight is 665 g/mol. The zero-order valence-corrected chi connectivity index (χ0v) is 28.3. The summed E-state index contributed by atoms with van der Waals surface area (Å²) < 4.78 is 9.86. The minimum atomic E-state index is -0.905. The first kappa shape index (κ1) is 37.5. The van der Waals surface area contributed by atoms with Crippen LogP contribution in [0.1, 0.15) is 96.6 Å². The normalized spacial score (nSPS) is 25.5. The van der Waals surface area contributed by atoms with Gasteiger partial charge in [-0.2, -0.15) is 0 Å². The third-order valence-electron chi connectivity index (χ3n) is 9.80. The molecule has 0 radical (unpaired) electrons. The van der Waals surface area contributed by atoms with Crippen LogP contribution < -0.4 is 0 Å². The number of aliphatic hydroxyl groups is 5. The molecule has 1 heterocycles. The van der Waals surface area contributed by atoms with E-state index in [0.717, 1.165) is 12.0 Å². The van der Waals surface area contributed by atoms with Crippen molar-refractivity contribution in [3.8, 4) is 0 Å². The Hall–Kier alpha value is -3.34. The van der Waals surface area contributed by atoms with Gasteiger partial charge >= 0.3 is 11.9 Å². The van der Waals surface area contributed by atoms with Crippen molar-refractivity contribution in [1.82, 2.24) is 0 Å². The molecule has 9 heteroatoms. The van der Waals surface area contributed by atoms with Crippen molar-refractivity contribution in [3.63, 3.8) is 0 Å². The Morgan fingerprint density at radius 3 is 1.96 bits per heavy atom. The molecule has 0 amide bonds. The van der Waals surface area contributed by atoms with Gasteiger partial charge in [0.05, 0.1) is 38.3 Å². The van der Waals surface area contributed by atoms with Gasteiger partial charge in [-0.25, -0.2) is 0 Å². The van der Waals surface area contributed by atoms with Crippen molar-refractivity contribution >= 4 is 24.1 Å². The fourth-order valence-electron chi connectivity index (χ4n) is 7.22. The lowest BCUT2D eigenvalue weighted by Gasteiger charge is -2.32. The number of rotatable bonds is 12. The number of ether oxygens (including phenoxy) is 2. The molecule has 8 atom stereocenters. The van der Waals surface area contributed by atoms with Crippen molar-refractivity contribution in [2.24, 2.45) is 11.8 Å². The highest BCUT2D eigenvalue weighted by Crippen LogP contribution is 2.40. The fraction of sp³-hybridized carbons (Fsp3) is 0.538. The number of carbonyl (C=O) groups is 2. The van der Waals surface area contributed by atoms with E-state index in [1.54, 1.807) is 0 Å². The molecule has 0 bridgehead atoms. The minimum absolute atomic E-state index is 0.0300. The Bertz CT molecular complexity index is 1430. The van der Waals surface area contributed by atoms with Crippen LogP contribution in [-0.2, 0) is 19.1 Å². The molecule has 1 saturated heterocycles. The van der Waals surface area contributed by atoms with E-state index >= 15 is 0 Å². The van der Waals surface area contributed by atoms with Crippen molar-refractivity contribution in [3.05, 3.63) is 81.9 Å². The molecule has 0 aromatic heterocycles. The number of carbonyl (C=O) groups excluding carboxylic acids is 2. The summed E-state index contributed by atoms with van der Waals surface area (Å²) in [5.41, 5.74) is 7.22. The number of esters is 2. The molecule has 2 aromatic carbocycles. The number of cyclic esters (lactones) is 1. The largest absolute Gasteiger partial charge is 0.469 e. The Morgan fingerprint density at radius 1 is 0.875 bits per heavy atom. The molecular formula is C39H52O9. The second kappa shape index (κ2) is 17.9. The van der Waals surface area contributed by atoms with Gasteiger partial charge in [0.1, 0.15) is 6.10 Å². The topological polar surface area (TPSA) is 154 Å². The third kappa shape index (κ3) is 10.3. The standard InChI is InChI=1S/C20H28O5.C19H24O4/c1-13-3-7-18-14(9-13)4-5-15(12-21)19(18)8-6-16(22)10-17(23)11-20(24)25-2;1-12-2-6-17-13(8-12)3-4-14(11-20)18(17)7-5-16-9-15(21)10-19(22)23-16/h3-5,7,9,15-17,19,21-23H,6,8,10-12H2,1-2H3;2-4,6,8,14-16,18,20-21H,5,7,9-11H2,1H3. The number of hydrogen-bond donors (Lipinski definition) is 5. The predicted octanol–water partition coefficient (Wildman–Crippen LogP) is 4.73. The minimum Gasteiger partial charge on any atom is -0.469 e. The van der Waals surface area contributed by atoms with Crippen LogP contribution in [0.25, 0.3) is 12.2 Å². The number of aliphatic hydroxyl groups excluding tert-OH is 5. The van der Waals surface area contributed by atoms with E-state index in [0.29, 0.717) is 25.7 Å². The van der Waals surface area contributed by atoms with Gasteiger partial charge < -0.3 is 35.0 Å². The van der Waals surface area contributed by atoms with E-state index in [9.17, 15) is 35.1 Å². The predicted molar refractivity (Wildman–Crippen MR) is 184 cm³/mol. The molecule has 0 spiro atoms. The van der Waals surface area contributed by atoms with Crippen LogP contribution in [0, 0.1) is 25.7 Å². The summed E-state index contributed by atoms with van der Waals surface area (Å²) in [7, 11) is 1.27. The van der Waals surface area contributed by atoms with E-state index in [-0.39, 0.29) is 68.2 Å². The lowest BCUT2D eigenvalue weighted by atomic mass is 9.76. The third-order valence-corrected chi connectivity index (χ3v) is 9.80. The summed E-state index contributed by atoms with van der Waals surface area (Å²) in [6, 6.07) is 12.7. The highest BCUT2D eigenvalue weighted by Gasteiger charge is 2.31. The van der Waals surface area contributed by atoms with Gasteiger partial charge in [0.15, 0.2) is 0 Å². The quantitative estimate of drug-likeness (QED) is 0.203. The zero-order chi connectivity index (χ0) is 34.8. The number of hydrogen-bond acceptors (Lipinski definition) is 9. The Labute approximate surface area is 283 Å². The number of benzene rings is 2. The average Bonchev–Trinajstić information content (AvgIpc) is 3.05. The summed E-state index contributed by atoms with van der Waals surface area (Å²) in [6.45, 7) is 4.30. The Balaban J connectivity index is 0.000000217. The van der Waals surface area contributed by atoms with Crippen molar-refractivity contribution < 1.29 is 44.6 Å². The van der Waals surface area contributed by atoms with Gasteiger partial charge in [-0.15, -0.1) is 0 Å². The van der Waals surface area contributed by atoms with Crippen molar-refractivity contribution in [2.45, 2.75) is 101 Å². The summed E-state index contributed by atoms with van der Waals surface area (Å²) in [6.07, 6.45) is 9.24. The van der Waals surface area contributed by atoms with Crippen LogP contribution >= 0.6 is 0 Å². The van der Waals surface area contributed by atoms with E-state index in [4.69, 9.17) is 4.74 Å². The molecular weight excluding hydrogens is 612 g/mol. The lowest BCUT2D eigenvalue weighted by molar-refractivity contribution is -0.160. The van der Waals surface area contributed by atoms with Crippen LogP contribution in [0.3, 0.4) is 0 Å². The number of aryl methyl sites for hydroxylation is 2. The SMILES string of the molecule is COC(=O)CC(O)CC(O)CCC1c2ccc(C)cc2C=CC1CO.Cc1ccc2c(c1)C=CC(CO)C2CCC1CC(O)CC(=O)O1. The molecule has 0 saturated carbocycles. The Morgan fingerprint density at radius 2 is 1.44 bits per heavy atom. The van der Waals surface area contributed by atoms with Gasteiger partial charge in [0.2, 0.25) is 0 Å².